The van der Waals surface area contributed by atoms with Gasteiger partial charge in [-0.25, -0.2) is 15.4 Å². The third-order valence-electron chi connectivity index (χ3n) is 0. The predicted octanol–water partition coefficient (Wildman–Crippen LogP) is -5.41. The zero-order valence-corrected chi connectivity index (χ0v) is 9.99. The van der Waals surface area contributed by atoms with Crippen LogP contribution >= 0.6 is 0 Å². The average Bonchev–Trinajstić information content (AvgIpc) is 1.41. The fourth-order valence-electron chi connectivity index (χ4n) is 0. The first-order valence-electron chi connectivity index (χ1n) is 2.17. The van der Waals surface area contributed by atoms with Crippen molar-refractivity contribution in [1.29, 1.82) is 0 Å². The minimum atomic E-state index is -4.67. The van der Waals surface area contributed by atoms with E-state index in [1.165, 1.54) is 0 Å². The van der Waals surface area contributed by atoms with Crippen molar-refractivity contribution >= 4 is 31.2 Å². The number of hydrogen-bond donors (Lipinski definition) is 3. The van der Waals surface area contributed by atoms with Gasteiger partial charge in [0.1, 0.15) is 0 Å². The SMILES string of the molecule is NS(=O)(=O)F.NS(=O)(=O)F.NS(=O)(=O)F.[H-].[Li+]. The Kier molecular flexibility index (Phi) is 14.4. The van der Waals surface area contributed by atoms with Crippen LogP contribution in [0.3, 0.4) is 0 Å². The Labute approximate surface area is 104 Å². The van der Waals surface area contributed by atoms with E-state index in [9.17, 15) is 11.7 Å². The van der Waals surface area contributed by atoms with Crippen LogP contribution in [0.15, 0.2) is 0 Å². The molecular formula is H7F3LiN3O6S3. The monoisotopic (exact) mass is 305 g/mol. The second kappa shape index (κ2) is 9.18. The maximum absolute atomic E-state index is 10.4. The van der Waals surface area contributed by atoms with E-state index in [1.807, 2.05) is 0 Å². The predicted molar refractivity (Wildman–Crippen MR) is 43.8 cm³/mol. The van der Waals surface area contributed by atoms with Gasteiger partial charge in [-0.1, -0.05) is 11.7 Å². The van der Waals surface area contributed by atoms with Crippen LogP contribution in [-0.4, -0.2) is 25.3 Å². The molecule has 16 heteroatoms. The molecule has 0 amide bonds. The Morgan fingerprint density at radius 2 is 0.625 bits per heavy atom. The molecule has 0 spiro atoms. The molecule has 0 rings (SSSR count). The van der Waals surface area contributed by atoms with E-state index < -0.39 is 31.2 Å². The van der Waals surface area contributed by atoms with Gasteiger partial charge < -0.3 is 1.43 Å². The van der Waals surface area contributed by atoms with Crippen molar-refractivity contribution in [2.45, 2.75) is 0 Å². The minimum Gasteiger partial charge on any atom is -1.00 e. The molecule has 6 N–H and O–H groups in total. The summed E-state index contributed by atoms with van der Waals surface area (Å²) in [4.78, 5) is 0. The molecule has 98 valence electrons. The van der Waals surface area contributed by atoms with Crippen LogP contribution in [0.1, 0.15) is 1.43 Å². The standard InChI is InChI=1S/3FH2NO2S.Li.H/c3*1-5(2,3)4;;/h3*(H2,2,3,4);;/q;;;+1;-1. The van der Waals surface area contributed by atoms with Gasteiger partial charge in [-0.15, -0.1) is 0 Å². The molecule has 0 unspecified atom stereocenters. The Morgan fingerprint density at radius 1 is 0.625 bits per heavy atom. The smallest absolute Gasteiger partial charge is 1.00 e. The van der Waals surface area contributed by atoms with Gasteiger partial charge in [0.2, 0.25) is 0 Å². The number of rotatable bonds is 0. The minimum absolute atomic E-state index is 0. The van der Waals surface area contributed by atoms with Crippen molar-refractivity contribution in [3.05, 3.63) is 0 Å². The molecule has 0 fully saturated rings. The zero-order chi connectivity index (χ0) is 13.5. The second-order valence-electron chi connectivity index (χ2n) is 1.43. The molecule has 0 aromatic carbocycles. The summed E-state index contributed by atoms with van der Waals surface area (Å²) in [6.07, 6.45) is 0. The topological polar surface area (TPSA) is 180 Å². The summed E-state index contributed by atoms with van der Waals surface area (Å²) in [5, 5.41) is 11.0. The molecule has 0 aromatic heterocycles. The van der Waals surface area contributed by atoms with Gasteiger partial charge in [0.05, 0.1) is 0 Å². The molecule has 0 aromatic rings. The van der Waals surface area contributed by atoms with Crippen LogP contribution in [0.2, 0.25) is 0 Å². The van der Waals surface area contributed by atoms with E-state index in [0.29, 0.717) is 0 Å². The average molecular weight is 305 g/mol. The van der Waals surface area contributed by atoms with Crippen LogP contribution in [-0.2, 0) is 31.2 Å². The van der Waals surface area contributed by atoms with Gasteiger partial charge >= 0.3 is 50.1 Å². The van der Waals surface area contributed by atoms with E-state index in [0.717, 1.165) is 0 Å². The first-order valence-corrected chi connectivity index (χ1v) is 6.51. The van der Waals surface area contributed by atoms with Crippen molar-refractivity contribution in [3.63, 3.8) is 0 Å². The molecule has 0 saturated heterocycles. The normalized spacial score (nSPS) is 10.9. The van der Waals surface area contributed by atoms with Crippen molar-refractivity contribution in [2.75, 3.05) is 0 Å². The fourth-order valence-corrected chi connectivity index (χ4v) is 0. The van der Waals surface area contributed by atoms with Gasteiger partial charge in [-0.05, 0) is 0 Å². The maximum Gasteiger partial charge on any atom is 1.00 e. The van der Waals surface area contributed by atoms with Gasteiger partial charge in [-0.2, -0.15) is 25.3 Å². The summed E-state index contributed by atoms with van der Waals surface area (Å²) in [5.41, 5.74) is 0. The Morgan fingerprint density at radius 3 is 0.625 bits per heavy atom. The number of nitrogens with two attached hydrogens (primary N) is 3. The molecule has 0 bridgehead atoms. The van der Waals surface area contributed by atoms with Crippen LogP contribution in [0.25, 0.3) is 0 Å². The van der Waals surface area contributed by atoms with Crippen LogP contribution < -0.4 is 34.3 Å². The van der Waals surface area contributed by atoms with E-state index >= 15 is 0 Å². The van der Waals surface area contributed by atoms with Crippen molar-refractivity contribution < 1.29 is 57.2 Å². The zero-order valence-electron chi connectivity index (χ0n) is 8.54. The largest absolute Gasteiger partial charge is 1.00 e. The fraction of sp³-hybridized carbons (Fsp3) is 0. The van der Waals surface area contributed by atoms with Gasteiger partial charge in [0.15, 0.2) is 0 Å². The second-order valence-corrected chi connectivity index (χ2v) is 4.28. The summed E-state index contributed by atoms with van der Waals surface area (Å²) in [6, 6.07) is 0. The molecule has 9 nitrogen and oxygen atoms in total. The van der Waals surface area contributed by atoms with Crippen LogP contribution in [0.5, 0.6) is 0 Å². The third-order valence-corrected chi connectivity index (χ3v) is 0. The number of halogens is 3. The first-order chi connectivity index (χ1) is 6.00. The molecule has 0 aliphatic rings. The molecule has 0 saturated carbocycles. The molecule has 0 radical (unpaired) electrons. The van der Waals surface area contributed by atoms with Crippen molar-refractivity contribution in [3.8, 4) is 0 Å². The maximum atomic E-state index is 10.4. The summed E-state index contributed by atoms with van der Waals surface area (Å²) in [6.45, 7) is 0. The molecule has 0 heterocycles. The van der Waals surface area contributed by atoms with Crippen LogP contribution in [0, 0.1) is 0 Å². The molecule has 0 aliphatic heterocycles. The summed E-state index contributed by atoms with van der Waals surface area (Å²) in [5.74, 6) is 0. The van der Waals surface area contributed by atoms with Gasteiger partial charge in [-0.3, -0.25) is 0 Å². The number of hydrogen-bond acceptors (Lipinski definition) is 6. The molecule has 0 aliphatic carbocycles. The van der Waals surface area contributed by atoms with Crippen molar-refractivity contribution in [2.24, 2.45) is 15.4 Å². The van der Waals surface area contributed by atoms with Gasteiger partial charge in [0.25, 0.3) is 0 Å². The van der Waals surface area contributed by atoms with E-state index in [4.69, 9.17) is 25.3 Å². The molecular weight excluding hydrogens is 298 g/mol. The molecule has 16 heavy (non-hydrogen) atoms. The van der Waals surface area contributed by atoms with E-state index in [2.05, 4.69) is 15.4 Å². The first kappa shape index (κ1) is 25.1. The Hall–Kier alpha value is 0.117. The summed E-state index contributed by atoms with van der Waals surface area (Å²) >= 11 is 0. The van der Waals surface area contributed by atoms with Crippen LogP contribution in [0.4, 0.5) is 11.7 Å². The van der Waals surface area contributed by atoms with Gasteiger partial charge in [0, 0.05) is 0 Å². The molecule has 0 atom stereocenters. The van der Waals surface area contributed by atoms with Crippen molar-refractivity contribution in [1.82, 2.24) is 0 Å². The quantitative estimate of drug-likeness (QED) is 0.296. The Balaban J connectivity index is -0.0000000400. The van der Waals surface area contributed by atoms with E-state index in [-0.39, 0.29) is 20.3 Å². The summed E-state index contributed by atoms with van der Waals surface area (Å²) in [7, 11) is -14.0. The third kappa shape index (κ3) is 176000. The van der Waals surface area contributed by atoms with E-state index in [1.54, 1.807) is 0 Å². The Bertz CT molecular complexity index is 361. The summed E-state index contributed by atoms with van der Waals surface area (Å²) < 4.78 is 83.8.